The molecule has 0 saturated heterocycles. The molecule has 19 heteroatoms. The maximum Gasteiger partial charge on any atom is 2.00 e. The second-order valence-electron chi connectivity index (χ2n) is 9.76. The van der Waals surface area contributed by atoms with Gasteiger partial charge in [-0.25, -0.2) is 8.42 Å². The Hall–Kier alpha value is -5.20. The fourth-order valence-electron chi connectivity index (χ4n) is 3.91. The van der Waals surface area contributed by atoms with Crippen LogP contribution in [0.1, 0.15) is 10.4 Å². The van der Waals surface area contributed by atoms with Crippen molar-refractivity contribution in [2.45, 2.75) is 4.90 Å². The monoisotopic (exact) mass is 751 g/mol. The van der Waals surface area contributed by atoms with Gasteiger partial charge in [0, 0.05) is 17.3 Å². The summed E-state index contributed by atoms with van der Waals surface area (Å²) in [4.78, 5) is 12.0. The number of phenols is 2. The van der Waals surface area contributed by atoms with Gasteiger partial charge in [-0.2, -0.15) is 20.5 Å². The van der Waals surface area contributed by atoms with Crippen LogP contribution >= 0.6 is 0 Å². The number of anilines is 2. The Morgan fingerprint density at radius 3 is 1.92 bits per heavy atom. The second-order valence-corrected chi connectivity index (χ2v) is 11.1. The van der Waals surface area contributed by atoms with Crippen LogP contribution in [0.3, 0.4) is 0 Å². The molecule has 5 rings (SSSR count). The molecular weight excluding hydrogens is 731 g/mol. The fraction of sp³-hybridized carbons (Fsp3) is 0. The number of hydrogen-bond acceptors (Lipinski definition) is 15. The molecular formula is C31H21CuN8NaO8S. The van der Waals surface area contributed by atoms with E-state index < -0.39 is 49.5 Å². The summed E-state index contributed by atoms with van der Waals surface area (Å²) < 4.78 is 33.7. The summed E-state index contributed by atoms with van der Waals surface area (Å²) >= 11 is 0. The third-order valence-corrected chi connectivity index (χ3v) is 7.21. The molecule has 16 nitrogen and oxygen atoms in total. The number of carbonyl (C=O) groups is 1. The van der Waals surface area contributed by atoms with Crippen molar-refractivity contribution >= 4 is 61.5 Å². The van der Waals surface area contributed by atoms with E-state index in [2.05, 4.69) is 36.0 Å². The normalized spacial score (nSPS) is 11.4. The van der Waals surface area contributed by atoms with E-state index in [9.17, 15) is 38.2 Å². The smallest absolute Gasteiger partial charge is 0.871 e. The van der Waals surface area contributed by atoms with Crippen LogP contribution in [0.4, 0.5) is 45.5 Å². The second kappa shape index (κ2) is 17.0. The third kappa shape index (κ3) is 9.93. The van der Waals surface area contributed by atoms with Gasteiger partial charge in [-0.3, -0.25) is 4.79 Å². The van der Waals surface area contributed by atoms with Crippen LogP contribution in [0.25, 0.3) is 0 Å². The van der Waals surface area contributed by atoms with Gasteiger partial charge in [0.05, 0.1) is 33.3 Å². The van der Waals surface area contributed by atoms with Crippen molar-refractivity contribution < 1.29 is 84.8 Å². The number of benzene rings is 5. The molecule has 0 aliphatic heterocycles. The maximum absolute atomic E-state index is 12.8. The molecule has 1 radical (unpaired) electrons. The van der Waals surface area contributed by atoms with Gasteiger partial charge in [0.1, 0.15) is 33.0 Å². The van der Waals surface area contributed by atoms with Crippen molar-refractivity contribution in [1.29, 1.82) is 0 Å². The number of nitrogens with one attached hydrogen (secondary N) is 1. The van der Waals surface area contributed by atoms with Crippen molar-refractivity contribution in [3.8, 4) is 23.0 Å². The Morgan fingerprint density at radius 1 is 0.700 bits per heavy atom. The molecule has 0 saturated carbocycles. The number of amides is 1. The minimum Gasteiger partial charge on any atom is -0.871 e. The van der Waals surface area contributed by atoms with E-state index in [1.807, 2.05) is 0 Å². The first kappa shape index (κ1) is 39.2. The van der Waals surface area contributed by atoms with Crippen molar-refractivity contribution in [1.82, 2.24) is 0 Å². The van der Waals surface area contributed by atoms with Crippen molar-refractivity contribution in [2.75, 3.05) is 11.1 Å². The van der Waals surface area contributed by atoms with Crippen LogP contribution in [-0.2, 0) is 27.2 Å². The van der Waals surface area contributed by atoms with E-state index in [1.54, 1.807) is 24.3 Å². The van der Waals surface area contributed by atoms with Gasteiger partial charge < -0.3 is 36.0 Å². The Morgan fingerprint density at radius 2 is 1.28 bits per heavy atom. The molecule has 1 amide bonds. The van der Waals surface area contributed by atoms with Crippen molar-refractivity contribution in [3.05, 3.63) is 103 Å². The number of carbonyl (C=O) groups excluding carboxylic acids is 1. The van der Waals surface area contributed by atoms with Crippen LogP contribution in [0.5, 0.6) is 23.0 Å². The minimum absolute atomic E-state index is 0. The number of azo groups is 3. The number of aromatic hydroxyl groups is 2. The molecule has 0 bridgehead atoms. The predicted molar refractivity (Wildman–Crippen MR) is 167 cm³/mol. The molecule has 251 valence electrons. The quantitative estimate of drug-likeness (QED) is 0.0744. The van der Waals surface area contributed by atoms with E-state index in [1.165, 1.54) is 42.5 Å². The summed E-state index contributed by atoms with van der Waals surface area (Å²) in [5, 5.41) is 70.3. The van der Waals surface area contributed by atoms with Gasteiger partial charge in [0.25, 0.3) is 5.91 Å². The van der Waals surface area contributed by atoms with Crippen LogP contribution in [0.15, 0.2) is 133 Å². The summed E-state index contributed by atoms with van der Waals surface area (Å²) in [6, 6.07) is 21.3. The van der Waals surface area contributed by atoms with Crippen LogP contribution in [-0.4, -0.2) is 29.1 Å². The predicted octanol–water partition coefficient (Wildman–Crippen LogP) is 3.23. The minimum atomic E-state index is -4.86. The average molecular weight is 752 g/mol. The van der Waals surface area contributed by atoms with E-state index in [-0.39, 0.29) is 75.0 Å². The molecule has 5 N–H and O–H groups in total. The van der Waals surface area contributed by atoms with Crippen LogP contribution < -0.4 is 50.8 Å². The molecule has 0 aromatic heterocycles. The van der Waals surface area contributed by atoms with E-state index in [0.29, 0.717) is 17.1 Å². The SMILES string of the molecule is Nc1cc(O)ccc1N=Nc1ccc(NC(=O)c2ccc(N=Nc3c(O)ccc(N=Nc4cc(S(=O)(=O)[O-])ccc4[O-])c3[O-])cc2)cc1.[Cu+2].[Na+]. The summed E-state index contributed by atoms with van der Waals surface area (Å²) in [6.45, 7) is 0. The molecule has 0 heterocycles. The first-order valence-electron chi connectivity index (χ1n) is 13.5. The fourth-order valence-corrected chi connectivity index (χ4v) is 4.40. The third-order valence-electron chi connectivity index (χ3n) is 6.38. The number of nitrogens with two attached hydrogens (primary N) is 1. The van der Waals surface area contributed by atoms with E-state index in [0.717, 1.165) is 30.3 Å². The van der Waals surface area contributed by atoms with Gasteiger partial charge >= 0.3 is 46.6 Å². The topological polar surface area (TPSA) is 273 Å². The summed E-state index contributed by atoms with van der Waals surface area (Å²) in [5.41, 5.74) is 6.59. The largest absolute Gasteiger partial charge is 2.00 e. The first-order chi connectivity index (χ1) is 22.9. The number of phenolic OH excluding ortho intramolecular Hbond substituents is 2. The molecule has 50 heavy (non-hydrogen) atoms. The number of hydrogen-bond donors (Lipinski definition) is 4. The zero-order valence-electron chi connectivity index (χ0n) is 25.6. The van der Waals surface area contributed by atoms with Crippen molar-refractivity contribution in [2.24, 2.45) is 30.7 Å². The van der Waals surface area contributed by atoms with E-state index in [4.69, 9.17) is 5.73 Å². The zero-order chi connectivity index (χ0) is 34.4. The molecule has 0 aliphatic carbocycles. The molecule has 0 fully saturated rings. The summed E-state index contributed by atoms with van der Waals surface area (Å²) in [7, 11) is -4.86. The Balaban J connectivity index is 0.00000338. The number of nitrogens with zero attached hydrogens (tertiary/aromatic N) is 6. The standard InChI is InChI=1S/C31H24N8O8S.Cu.Na/c32-23-15-21(40)9-11-24(23)36-34-20-7-5-18(6-8-20)33-31(44)17-1-3-19(4-2-17)35-39-29-28(42)14-12-25(30(29)43)37-38-26-16-22(48(45,46)47)10-13-27(26)41;;/h1-16,40-43H,32H2,(H,33,44)(H,45,46,47);;/q;+2;+1/p-3. The van der Waals surface area contributed by atoms with Gasteiger partial charge in [0.15, 0.2) is 0 Å². The molecule has 5 aromatic rings. The van der Waals surface area contributed by atoms with Crippen LogP contribution in [0.2, 0.25) is 0 Å². The number of rotatable bonds is 9. The first-order valence-corrected chi connectivity index (χ1v) is 14.9. The van der Waals surface area contributed by atoms with Gasteiger partial charge in [-0.05, 0) is 90.7 Å². The van der Waals surface area contributed by atoms with Gasteiger partial charge in [-0.1, -0.05) is 11.8 Å². The Kier molecular flexibility index (Phi) is 13.3. The molecule has 0 aliphatic rings. The van der Waals surface area contributed by atoms with Crippen LogP contribution in [0, 0.1) is 0 Å². The van der Waals surface area contributed by atoms with E-state index >= 15 is 0 Å². The Labute approximate surface area is 316 Å². The molecule has 0 spiro atoms. The van der Waals surface area contributed by atoms with Gasteiger partial charge in [0.2, 0.25) is 0 Å². The van der Waals surface area contributed by atoms with Gasteiger partial charge in [-0.15, -0.1) is 10.2 Å². The summed E-state index contributed by atoms with van der Waals surface area (Å²) in [5.74, 6) is -2.60. The molecule has 0 unspecified atom stereocenters. The molecule has 5 aromatic carbocycles. The maximum atomic E-state index is 12.8. The zero-order valence-corrected chi connectivity index (χ0v) is 29.3. The average Bonchev–Trinajstić information content (AvgIpc) is 3.05. The Bertz CT molecular complexity index is 2220. The number of nitrogen functional groups attached to an aromatic ring is 1. The summed E-state index contributed by atoms with van der Waals surface area (Å²) in [6.07, 6.45) is 0. The molecule has 0 atom stereocenters. The van der Waals surface area contributed by atoms with Crippen molar-refractivity contribution in [3.63, 3.8) is 0 Å².